The van der Waals surface area contributed by atoms with Crippen LogP contribution in [0, 0.1) is 23.3 Å². The molecule has 0 bridgehead atoms. The van der Waals surface area contributed by atoms with E-state index in [4.69, 9.17) is 0 Å². The monoisotopic (exact) mass is 312 g/mol. The van der Waals surface area contributed by atoms with Gasteiger partial charge in [0.2, 0.25) is 5.91 Å². The molecule has 0 aliphatic carbocycles. The highest BCUT2D eigenvalue weighted by atomic mass is 19.2. The number of halogens is 4. The van der Waals surface area contributed by atoms with E-state index in [9.17, 15) is 22.4 Å². The summed E-state index contributed by atoms with van der Waals surface area (Å²) in [5.74, 6) is -5.55. The number of benzene rings is 2. The van der Waals surface area contributed by atoms with Crippen molar-refractivity contribution in [2.24, 2.45) is 0 Å². The van der Waals surface area contributed by atoms with Crippen molar-refractivity contribution in [3.63, 3.8) is 0 Å². The van der Waals surface area contributed by atoms with E-state index in [1.807, 2.05) is 0 Å². The fourth-order valence-corrected chi connectivity index (χ4v) is 1.77. The summed E-state index contributed by atoms with van der Waals surface area (Å²) < 4.78 is 52.4. The first-order valence-corrected chi connectivity index (χ1v) is 6.36. The van der Waals surface area contributed by atoms with Crippen molar-refractivity contribution in [3.8, 4) is 0 Å². The average molecular weight is 312 g/mol. The van der Waals surface area contributed by atoms with Crippen LogP contribution in [0.4, 0.5) is 23.2 Å². The van der Waals surface area contributed by atoms with E-state index in [2.05, 4.69) is 10.6 Å². The zero-order chi connectivity index (χ0) is 16.1. The van der Waals surface area contributed by atoms with Gasteiger partial charge in [0.25, 0.3) is 0 Å². The molecule has 116 valence electrons. The maximum Gasteiger partial charge on any atom is 0.238 e. The van der Waals surface area contributed by atoms with Crippen LogP contribution < -0.4 is 10.6 Å². The lowest BCUT2D eigenvalue weighted by atomic mass is 10.2. The minimum atomic E-state index is -1.66. The van der Waals surface area contributed by atoms with Crippen LogP contribution in [0.1, 0.15) is 5.56 Å². The normalized spacial score (nSPS) is 10.5. The number of hydrogen-bond acceptors (Lipinski definition) is 2. The van der Waals surface area contributed by atoms with Crippen LogP contribution >= 0.6 is 0 Å². The molecule has 0 unspecified atom stereocenters. The van der Waals surface area contributed by atoms with Gasteiger partial charge in [0.15, 0.2) is 17.5 Å². The van der Waals surface area contributed by atoms with Crippen molar-refractivity contribution in [3.05, 3.63) is 65.2 Å². The predicted molar refractivity (Wildman–Crippen MR) is 73.1 cm³/mol. The first-order chi connectivity index (χ1) is 10.5. The molecule has 1 amide bonds. The van der Waals surface area contributed by atoms with Gasteiger partial charge in [0, 0.05) is 12.1 Å². The van der Waals surface area contributed by atoms with Crippen LogP contribution in [-0.2, 0) is 11.3 Å². The summed E-state index contributed by atoms with van der Waals surface area (Å²) in [5.41, 5.74) is -0.0918. The number of anilines is 1. The van der Waals surface area contributed by atoms with Gasteiger partial charge in [0.1, 0.15) is 5.82 Å². The summed E-state index contributed by atoms with van der Waals surface area (Å²) in [7, 11) is 0. The Labute approximate surface area is 124 Å². The molecule has 0 fully saturated rings. The van der Waals surface area contributed by atoms with Crippen LogP contribution in [-0.4, -0.2) is 12.5 Å². The van der Waals surface area contributed by atoms with E-state index in [1.54, 1.807) is 12.1 Å². The number of hydrogen-bond donors (Lipinski definition) is 2. The third-order valence-corrected chi connectivity index (χ3v) is 2.87. The quantitative estimate of drug-likeness (QED) is 0.658. The average Bonchev–Trinajstić information content (AvgIpc) is 2.50. The molecule has 22 heavy (non-hydrogen) atoms. The highest BCUT2D eigenvalue weighted by molar-refractivity contribution is 5.92. The van der Waals surface area contributed by atoms with Gasteiger partial charge in [-0.2, -0.15) is 0 Å². The second-order valence-corrected chi connectivity index (χ2v) is 4.47. The van der Waals surface area contributed by atoms with Crippen molar-refractivity contribution < 1.29 is 22.4 Å². The molecule has 0 aliphatic heterocycles. The number of carbonyl (C=O) groups is 1. The second-order valence-electron chi connectivity index (χ2n) is 4.47. The minimum absolute atomic E-state index is 0.0976. The van der Waals surface area contributed by atoms with Crippen molar-refractivity contribution >= 4 is 11.6 Å². The highest BCUT2D eigenvalue weighted by Crippen LogP contribution is 2.19. The van der Waals surface area contributed by atoms with Gasteiger partial charge < -0.3 is 10.6 Å². The summed E-state index contributed by atoms with van der Waals surface area (Å²) in [4.78, 5) is 11.6. The molecule has 0 aliphatic rings. The van der Waals surface area contributed by atoms with Gasteiger partial charge >= 0.3 is 0 Å². The molecule has 2 aromatic rings. The Morgan fingerprint density at radius 1 is 0.909 bits per heavy atom. The van der Waals surface area contributed by atoms with E-state index in [0.717, 1.165) is 6.07 Å². The molecule has 7 heteroatoms. The zero-order valence-electron chi connectivity index (χ0n) is 11.3. The Bertz CT molecular complexity index is 691. The molecular formula is C15H12F4N2O. The summed E-state index contributed by atoms with van der Waals surface area (Å²) in [6.45, 7) is -0.146. The molecule has 0 aromatic heterocycles. The fraction of sp³-hybridized carbons (Fsp3) is 0.133. The van der Waals surface area contributed by atoms with Gasteiger partial charge in [0.05, 0.1) is 12.2 Å². The maximum absolute atomic E-state index is 13.4. The summed E-state index contributed by atoms with van der Waals surface area (Å²) in [6, 6.07) is 7.65. The van der Waals surface area contributed by atoms with Gasteiger partial charge in [-0.1, -0.05) is 18.2 Å². The minimum Gasteiger partial charge on any atom is -0.322 e. The summed E-state index contributed by atoms with van der Waals surface area (Å²) in [6.07, 6.45) is 0. The Morgan fingerprint density at radius 2 is 1.64 bits per heavy atom. The van der Waals surface area contributed by atoms with Crippen LogP contribution in [0.2, 0.25) is 0 Å². The van der Waals surface area contributed by atoms with Crippen molar-refractivity contribution in [1.82, 2.24) is 5.32 Å². The third-order valence-electron chi connectivity index (χ3n) is 2.87. The summed E-state index contributed by atoms with van der Waals surface area (Å²) >= 11 is 0. The van der Waals surface area contributed by atoms with E-state index in [1.165, 1.54) is 12.1 Å². The van der Waals surface area contributed by atoms with Gasteiger partial charge in [-0.05, 0) is 18.2 Å². The molecule has 0 saturated carbocycles. The highest BCUT2D eigenvalue weighted by Gasteiger charge is 2.15. The summed E-state index contributed by atoms with van der Waals surface area (Å²) in [5, 5.41) is 4.77. The Balaban J connectivity index is 1.89. The van der Waals surface area contributed by atoms with E-state index in [-0.39, 0.29) is 13.1 Å². The van der Waals surface area contributed by atoms with Crippen LogP contribution in [0.25, 0.3) is 0 Å². The third kappa shape index (κ3) is 3.82. The SMILES string of the molecule is O=C(CNCc1ccccc1F)Nc1ccc(F)c(F)c1F. The number of nitrogens with one attached hydrogen (secondary N) is 2. The van der Waals surface area contributed by atoms with Crippen molar-refractivity contribution in [2.75, 3.05) is 11.9 Å². The van der Waals surface area contributed by atoms with Crippen LogP contribution in [0.15, 0.2) is 36.4 Å². The molecule has 0 atom stereocenters. The van der Waals surface area contributed by atoms with Crippen molar-refractivity contribution in [1.29, 1.82) is 0 Å². The molecule has 0 spiro atoms. The molecule has 0 heterocycles. The predicted octanol–water partition coefficient (Wildman–Crippen LogP) is 2.97. The zero-order valence-corrected chi connectivity index (χ0v) is 11.3. The molecule has 2 aromatic carbocycles. The first kappa shape index (κ1) is 16.0. The maximum atomic E-state index is 13.4. The Morgan fingerprint density at radius 3 is 2.36 bits per heavy atom. The molecule has 2 rings (SSSR count). The van der Waals surface area contributed by atoms with Gasteiger partial charge in [-0.15, -0.1) is 0 Å². The molecule has 3 nitrogen and oxygen atoms in total. The molecular weight excluding hydrogens is 300 g/mol. The van der Waals surface area contributed by atoms with E-state index < -0.39 is 34.9 Å². The second kappa shape index (κ2) is 7.04. The topological polar surface area (TPSA) is 41.1 Å². The largest absolute Gasteiger partial charge is 0.322 e. The Kier molecular flexibility index (Phi) is 5.11. The lowest BCUT2D eigenvalue weighted by Crippen LogP contribution is -2.28. The van der Waals surface area contributed by atoms with Gasteiger partial charge in [-0.3, -0.25) is 4.79 Å². The van der Waals surface area contributed by atoms with Gasteiger partial charge in [-0.25, -0.2) is 17.6 Å². The molecule has 2 N–H and O–H groups in total. The first-order valence-electron chi connectivity index (χ1n) is 6.36. The van der Waals surface area contributed by atoms with Crippen molar-refractivity contribution in [2.45, 2.75) is 6.54 Å². The smallest absolute Gasteiger partial charge is 0.238 e. The lowest BCUT2D eigenvalue weighted by Gasteiger charge is -2.08. The van der Waals surface area contributed by atoms with E-state index >= 15 is 0 Å². The number of carbonyl (C=O) groups excluding carboxylic acids is 1. The molecule has 0 saturated heterocycles. The molecule has 0 radical (unpaired) electrons. The van der Waals surface area contributed by atoms with Crippen LogP contribution in [0.3, 0.4) is 0 Å². The fourth-order valence-electron chi connectivity index (χ4n) is 1.77. The standard InChI is InChI=1S/C15H12F4N2O/c16-10-4-2-1-3-9(10)7-20-8-13(22)21-12-6-5-11(17)14(18)15(12)19/h1-6,20H,7-8H2,(H,21,22). The number of rotatable bonds is 5. The number of amides is 1. The van der Waals surface area contributed by atoms with Crippen LogP contribution in [0.5, 0.6) is 0 Å². The Hall–Kier alpha value is -2.41. The lowest BCUT2D eigenvalue weighted by molar-refractivity contribution is -0.115. The van der Waals surface area contributed by atoms with E-state index in [0.29, 0.717) is 11.6 Å².